The van der Waals surface area contributed by atoms with Gasteiger partial charge in [-0.3, -0.25) is 0 Å². The lowest BCUT2D eigenvalue weighted by molar-refractivity contribution is -0.161. The maximum absolute atomic E-state index is 5.63. The Hall–Kier alpha value is -0.430. The molecule has 0 bridgehead atoms. The molecule has 2 rings (SSSR count). The SMILES string of the molecule is Cc1nc(Br)c(CNCCOC2CCCCO2)[nH]1. The zero-order valence-corrected chi connectivity index (χ0v) is 12.3. The Morgan fingerprint density at radius 1 is 1.56 bits per heavy atom. The molecule has 1 unspecified atom stereocenters. The van der Waals surface area contributed by atoms with Crippen LogP contribution in [0, 0.1) is 6.92 Å². The highest BCUT2D eigenvalue weighted by Gasteiger charge is 2.13. The molecule has 2 N–H and O–H groups in total. The maximum Gasteiger partial charge on any atom is 0.157 e. The molecule has 1 aliphatic rings. The number of aryl methyl sites for hydroxylation is 1. The predicted octanol–water partition coefficient (Wildman–Crippen LogP) is 2.11. The molecule has 0 saturated carbocycles. The number of hydrogen-bond donors (Lipinski definition) is 2. The first-order chi connectivity index (χ1) is 8.75. The Morgan fingerprint density at radius 2 is 2.44 bits per heavy atom. The number of ether oxygens (including phenoxy) is 2. The highest BCUT2D eigenvalue weighted by atomic mass is 79.9. The van der Waals surface area contributed by atoms with Crippen LogP contribution in [-0.4, -0.2) is 36.0 Å². The quantitative estimate of drug-likeness (QED) is 0.789. The van der Waals surface area contributed by atoms with Crippen LogP contribution in [0.3, 0.4) is 0 Å². The Labute approximate surface area is 116 Å². The van der Waals surface area contributed by atoms with E-state index in [9.17, 15) is 0 Å². The standard InChI is InChI=1S/C12H20BrN3O2/c1-9-15-10(12(13)16-9)8-14-5-7-18-11-4-2-3-6-17-11/h11,14H,2-8H2,1H3,(H,15,16). The van der Waals surface area contributed by atoms with E-state index in [2.05, 4.69) is 31.2 Å². The van der Waals surface area contributed by atoms with Crippen LogP contribution in [0.4, 0.5) is 0 Å². The summed E-state index contributed by atoms with van der Waals surface area (Å²) in [6.07, 6.45) is 3.39. The number of H-pyrrole nitrogens is 1. The molecule has 1 atom stereocenters. The monoisotopic (exact) mass is 317 g/mol. The zero-order valence-electron chi connectivity index (χ0n) is 10.7. The smallest absolute Gasteiger partial charge is 0.157 e. The number of rotatable bonds is 6. The van der Waals surface area contributed by atoms with Gasteiger partial charge in [-0.1, -0.05) is 0 Å². The molecule has 1 aliphatic heterocycles. The van der Waals surface area contributed by atoms with E-state index in [0.29, 0.717) is 6.61 Å². The van der Waals surface area contributed by atoms with E-state index in [0.717, 1.165) is 48.7 Å². The number of nitrogens with one attached hydrogen (secondary N) is 2. The van der Waals surface area contributed by atoms with Crippen molar-refractivity contribution >= 4 is 15.9 Å². The van der Waals surface area contributed by atoms with Gasteiger partial charge >= 0.3 is 0 Å². The second-order valence-corrected chi connectivity index (χ2v) is 5.19. The molecular weight excluding hydrogens is 298 g/mol. The third-order valence-electron chi connectivity index (χ3n) is 2.87. The molecule has 1 aromatic heterocycles. The molecular formula is C12H20BrN3O2. The summed E-state index contributed by atoms with van der Waals surface area (Å²) in [7, 11) is 0. The zero-order chi connectivity index (χ0) is 12.8. The first-order valence-electron chi connectivity index (χ1n) is 6.40. The number of halogens is 1. The van der Waals surface area contributed by atoms with E-state index < -0.39 is 0 Å². The topological polar surface area (TPSA) is 59.2 Å². The summed E-state index contributed by atoms with van der Waals surface area (Å²) in [5.41, 5.74) is 1.07. The minimum Gasteiger partial charge on any atom is -0.353 e. The van der Waals surface area contributed by atoms with Crippen LogP contribution in [-0.2, 0) is 16.0 Å². The van der Waals surface area contributed by atoms with Gasteiger partial charge < -0.3 is 19.8 Å². The van der Waals surface area contributed by atoms with Crippen LogP contribution < -0.4 is 5.32 Å². The molecule has 102 valence electrons. The van der Waals surface area contributed by atoms with Crippen molar-refractivity contribution < 1.29 is 9.47 Å². The van der Waals surface area contributed by atoms with E-state index in [1.54, 1.807) is 0 Å². The van der Waals surface area contributed by atoms with E-state index in [1.807, 2.05) is 6.92 Å². The predicted molar refractivity (Wildman–Crippen MR) is 72.3 cm³/mol. The largest absolute Gasteiger partial charge is 0.353 e. The number of aromatic amines is 1. The van der Waals surface area contributed by atoms with Gasteiger partial charge in [0, 0.05) is 19.7 Å². The van der Waals surface area contributed by atoms with E-state index in [4.69, 9.17) is 9.47 Å². The molecule has 6 heteroatoms. The van der Waals surface area contributed by atoms with Gasteiger partial charge in [0.15, 0.2) is 6.29 Å². The van der Waals surface area contributed by atoms with Crippen molar-refractivity contribution in [3.8, 4) is 0 Å². The first-order valence-corrected chi connectivity index (χ1v) is 7.20. The summed E-state index contributed by atoms with van der Waals surface area (Å²) in [4.78, 5) is 7.45. The molecule has 1 aromatic rings. The van der Waals surface area contributed by atoms with Gasteiger partial charge in [0.05, 0.1) is 12.3 Å². The summed E-state index contributed by atoms with van der Waals surface area (Å²) in [5, 5.41) is 3.31. The molecule has 1 saturated heterocycles. The average Bonchev–Trinajstić information content (AvgIpc) is 2.69. The van der Waals surface area contributed by atoms with Gasteiger partial charge in [-0.05, 0) is 42.1 Å². The molecule has 0 amide bonds. The maximum atomic E-state index is 5.63. The van der Waals surface area contributed by atoms with Gasteiger partial charge in [-0.15, -0.1) is 0 Å². The molecule has 5 nitrogen and oxygen atoms in total. The second kappa shape index (κ2) is 7.23. The molecule has 1 fully saturated rings. The van der Waals surface area contributed by atoms with E-state index in [1.165, 1.54) is 6.42 Å². The lowest BCUT2D eigenvalue weighted by Crippen LogP contribution is -2.27. The summed E-state index contributed by atoms with van der Waals surface area (Å²) in [5.74, 6) is 0.922. The van der Waals surface area contributed by atoms with Crippen LogP contribution in [0.25, 0.3) is 0 Å². The van der Waals surface area contributed by atoms with Gasteiger partial charge in [-0.25, -0.2) is 4.98 Å². The minimum absolute atomic E-state index is 0.00156. The molecule has 18 heavy (non-hydrogen) atoms. The minimum atomic E-state index is 0.00156. The molecule has 0 radical (unpaired) electrons. The van der Waals surface area contributed by atoms with Crippen molar-refractivity contribution in [3.63, 3.8) is 0 Å². The number of hydrogen-bond acceptors (Lipinski definition) is 4. The fourth-order valence-corrected chi connectivity index (χ4v) is 2.45. The summed E-state index contributed by atoms with van der Waals surface area (Å²) in [6, 6.07) is 0. The molecule has 2 heterocycles. The first kappa shape index (κ1) is 14.0. The van der Waals surface area contributed by atoms with Crippen molar-refractivity contribution in [1.29, 1.82) is 0 Å². The summed E-state index contributed by atoms with van der Waals surface area (Å²) >= 11 is 3.42. The average molecular weight is 318 g/mol. The fourth-order valence-electron chi connectivity index (χ4n) is 1.95. The van der Waals surface area contributed by atoms with Crippen LogP contribution in [0.15, 0.2) is 4.60 Å². The van der Waals surface area contributed by atoms with Crippen molar-refractivity contribution in [1.82, 2.24) is 15.3 Å². The number of nitrogens with zero attached hydrogens (tertiary/aromatic N) is 1. The Kier molecular flexibility index (Phi) is 5.62. The van der Waals surface area contributed by atoms with Crippen LogP contribution >= 0.6 is 15.9 Å². The van der Waals surface area contributed by atoms with E-state index >= 15 is 0 Å². The van der Waals surface area contributed by atoms with Crippen molar-refractivity contribution in [3.05, 3.63) is 16.1 Å². The summed E-state index contributed by atoms with van der Waals surface area (Å²) < 4.78 is 12.0. The molecule has 0 spiro atoms. The van der Waals surface area contributed by atoms with Crippen LogP contribution in [0.2, 0.25) is 0 Å². The third-order valence-corrected chi connectivity index (χ3v) is 3.52. The van der Waals surface area contributed by atoms with Gasteiger partial charge in [0.1, 0.15) is 10.4 Å². The molecule has 0 aromatic carbocycles. The Balaban J connectivity index is 1.57. The van der Waals surface area contributed by atoms with Crippen molar-refractivity contribution in [2.75, 3.05) is 19.8 Å². The van der Waals surface area contributed by atoms with Crippen LogP contribution in [0.1, 0.15) is 30.8 Å². The number of aromatic nitrogens is 2. The second-order valence-electron chi connectivity index (χ2n) is 4.44. The van der Waals surface area contributed by atoms with Gasteiger partial charge in [0.25, 0.3) is 0 Å². The highest BCUT2D eigenvalue weighted by molar-refractivity contribution is 9.10. The van der Waals surface area contributed by atoms with E-state index in [-0.39, 0.29) is 6.29 Å². The van der Waals surface area contributed by atoms with Gasteiger partial charge in [-0.2, -0.15) is 0 Å². The Morgan fingerprint density at radius 3 is 3.11 bits per heavy atom. The molecule has 0 aliphatic carbocycles. The normalized spacial score (nSPS) is 20.2. The lowest BCUT2D eigenvalue weighted by Gasteiger charge is -2.22. The van der Waals surface area contributed by atoms with Crippen molar-refractivity contribution in [2.45, 2.75) is 39.0 Å². The highest BCUT2D eigenvalue weighted by Crippen LogP contribution is 2.14. The lowest BCUT2D eigenvalue weighted by atomic mass is 10.2. The number of imidazole rings is 1. The summed E-state index contributed by atoms with van der Waals surface area (Å²) in [6.45, 7) is 5.02. The third kappa shape index (κ3) is 4.35. The Bertz CT molecular complexity index is 364. The van der Waals surface area contributed by atoms with Gasteiger partial charge in [0.2, 0.25) is 0 Å². The van der Waals surface area contributed by atoms with Crippen LogP contribution in [0.5, 0.6) is 0 Å². The fraction of sp³-hybridized carbons (Fsp3) is 0.750. The van der Waals surface area contributed by atoms with Crippen molar-refractivity contribution in [2.24, 2.45) is 0 Å².